The van der Waals surface area contributed by atoms with Crippen LogP contribution in [0, 0.1) is 0 Å². The Morgan fingerprint density at radius 2 is 2.29 bits per heavy atom. The van der Waals surface area contributed by atoms with E-state index in [9.17, 15) is 4.79 Å². The quantitative estimate of drug-likeness (QED) is 0.584. The van der Waals surface area contributed by atoms with Gasteiger partial charge in [-0.05, 0) is 6.07 Å². The van der Waals surface area contributed by atoms with Gasteiger partial charge in [-0.2, -0.15) is 0 Å². The van der Waals surface area contributed by atoms with Crippen LogP contribution in [-0.4, -0.2) is 12.1 Å². The van der Waals surface area contributed by atoms with Gasteiger partial charge in [0, 0.05) is 12.5 Å². The van der Waals surface area contributed by atoms with Gasteiger partial charge in [0.05, 0.1) is 6.54 Å². The van der Waals surface area contributed by atoms with E-state index in [2.05, 4.69) is 4.99 Å². The molecule has 1 heterocycles. The summed E-state index contributed by atoms with van der Waals surface area (Å²) in [6, 6.07) is 7.50. The zero-order valence-corrected chi connectivity index (χ0v) is 7.69. The van der Waals surface area contributed by atoms with Gasteiger partial charge in [0.15, 0.2) is 0 Å². The lowest BCUT2D eigenvalue weighted by Crippen LogP contribution is -2.20. The third-order valence-corrected chi connectivity index (χ3v) is 1.78. The molecule has 1 aromatic carbocycles. The van der Waals surface area contributed by atoms with E-state index in [1.54, 1.807) is 0 Å². The highest BCUT2D eigenvalue weighted by atomic mass is 16.7. The van der Waals surface area contributed by atoms with E-state index >= 15 is 0 Å². The molecule has 0 saturated carbocycles. The van der Waals surface area contributed by atoms with Crippen molar-refractivity contribution in [3.8, 4) is 5.75 Å². The van der Waals surface area contributed by atoms with E-state index in [0.717, 1.165) is 5.56 Å². The number of para-hydroxylation sites is 1. The molecule has 1 aromatic rings. The summed E-state index contributed by atoms with van der Waals surface area (Å²) in [6.45, 7) is 1.80. The number of carbonyl (C=O) groups excluding carboxylic acids is 1. The summed E-state index contributed by atoms with van der Waals surface area (Å²) in [4.78, 5) is 14.6. The molecule has 0 saturated heterocycles. The van der Waals surface area contributed by atoms with Crippen molar-refractivity contribution in [2.75, 3.05) is 0 Å². The van der Waals surface area contributed by atoms with Crippen LogP contribution in [0.25, 0.3) is 0 Å². The molecule has 2 rings (SSSR count). The molecule has 0 aliphatic carbocycles. The summed E-state index contributed by atoms with van der Waals surface area (Å²) >= 11 is 0. The lowest BCUT2D eigenvalue weighted by Gasteiger charge is -2.14. The van der Waals surface area contributed by atoms with Gasteiger partial charge in [0.2, 0.25) is 0 Å². The standard InChI is InChI=1S/C10H9NO3/c1-7(12)13-10-11-6-8-4-2-3-5-9(8)14-10/h2-5H,6H2,1H3. The third-order valence-electron chi connectivity index (χ3n) is 1.78. The first-order chi connectivity index (χ1) is 6.75. The maximum Gasteiger partial charge on any atom is 0.397 e. The predicted molar refractivity (Wildman–Crippen MR) is 50.0 cm³/mol. The molecule has 1 aliphatic heterocycles. The largest absolute Gasteiger partial charge is 0.411 e. The van der Waals surface area contributed by atoms with Crippen molar-refractivity contribution < 1.29 is 14.3 Å². The van der Waals surface area contributed by atoms with E-state index in [-0.39, 0.29) is 6.08 Å². The Hall–Kier alpha value is -1.84. The molecular weight excluding hydrogens is 182 g/mol. The first-order valence-electron chi connectivity index (χ1n) is 4.24. The smallest absolute Gasteiger partial charge is 0.397 e. The van der Waals surface area contributed by atoms with Gasteiger partial charge in [-0.15, -0.1) is 0 Å². The molecule has 0 fully saturated rings. The van der Waals surface area contributed by atoms with Gasteiger partial charge >= 0.3 is 12.1 Å². The van der Waals surface area contributed by atoms with Crippen LogP contribution in [0.4, 0.5) is 0 Å². The van der Waals surface area contributed by atoms with Crippen LogP contribution in [0.15, 0.2) is 29.3 Å². The molecule has 0 amide bonds. The van der Waals surface area contributed by atoms with Crippen molar-refractivity contribution in [3.05, 3.63) is 29.8 Å². The Kier molecular flexibility index (Phi) is 2.18. The first kappa shape index (κ1) is 8.74. The number of ether oxygens (including phenoxy) is 2. The van der Waals surface area contributed by atoms with Crippen LogP contribution < -0.4 is 4.74 Å². The van der Waals surface area contributed by atoms with Crippen molar-refractivity contribution in [3.63, 3.8) is 0 Å². The topological polar surface area (TPSA) is 47.9 Å². The minimum atomic E-state index is -0.428. The van der Waals surface area contributed by atoms with Crippen LogP contribution in [0.2, 0.25) is 0 Å². The summed E-state index contributed by atoms with van der Waals surface area (Å²) in [5.41, 5.74) is 0.989. The van der Waals surface area contributed by atoms with Gasteiger partial charge in [-0.3, -0.25) is 4.79 Å². The first-order valence-corrected chi connectivity index (χ1v) is 4.24. The number of esters is 1. The lowest BCUT2D eigenvalue weighted by atomic mass is 10.2. The number of hydrogen-bond donors (Lipinski definition) is 0. The molecule has 4 nitrogen and oxygen atoms in total. The molecule has 0 unspecified atom stereocenters. The molecule has 0 spiro atoms. The van der Waals surface area contributed by atoms with E-state index in [1.165, 1.54) is 6.92 Å². The lowest BCUT2D eigenvalue weighted by molar-refractivity contribution is -0.134. The summed E-state index contributed by atoms with van der Waals surface area (Å²) < 4.78 is 9.99. The van der Waals surface area contributed by atoms with E-state index in [1.807, 2.05) is 24.3 Å². The number of hydrogen-bond acceptors (Lipinski definition) is 4. The van der Waals surface area contributed by atoms with Crippen LogP contribution >= 0.6 is 0 Å². The fourth-order valence-electron chi connectivity index (χ4n) is 1.19. The summed E-state index contributed by atoms with van der Waals surface area (Å²) in [7, 11) is 0. The molecule has 72 valence electrons. The van der Waals surface area contributed by atoms with E-state index in [4.69, 9.17) is 9.47 Å². The van der Waals surface area contributed by atoms with Crippen molar-refractivity contribution in [1.82, 2.24) is 0 Å². The van der Waals surface area contributed by atoms with Crippen LogP contribution in [0.3, 0.4) is 0 Å². The van der Waals surface area contributed by atoms with Gasteiger partial charge in [0.25, 0.3) is 0 Å². The van der Waals surface area contributed by atoms with Gasteiger partial charge in [0.1, 0.15) is 5.75 Å². The number of nitrogens with zero attached hydrogens (tertiary/aromatic N) is 1. The van der Waals surface area contributed by atoms with Crippen molar-refractivity contribution in [1.29, 1.82) is 0 Å². The molecule has 1 aliphatic rings. The Balaban J connectivity index is 2.17. The second-order valence-corrected chi connectivity index (χ2v) is 2.89. The van der Waals surface area contributed by atoms with Crippen LogP contribution in [-0.2, 0) is 16.1 Å². The molecule has 0 radical (unpaired) electrons. The zero-order chi connectivity index (χ0) is 9.97. The minimum absolute atomic E-state index is 0.0243. The van der Waals surface area contributed by atoms with Crippen molar-refractivity contribution in [2.24, 2.45) is 4.99 Å². The Morgan fingerprint density at radius 3 is 3.07 bits per heavy atom. The molecular formula is C10H9NO3. The second kappa shape index (κ2) is 3.49. The fraction of sp³-hybridized carbons (Fsp3) is 0.200. The average molecular weight is 191 g/mol. The summed E-state index contributed by atoms with van der Waals surface area (Å²) in [5.74, 6) is 0.266. The normalized spacial score (nSPS) is 13.6. The monoisotopic (exact) mass is 191 g/mol. The summed E-state index contributed by atoms with van der Waals surface area (Å²) in [5, 5.41) is 0. The number of fused-ring (bicyclic) bond motifs is 1. The second-order valence-electron chi connectivity index (χ2n) is 2.89. The minimum Gasteiger partial charge on any atom is -0.411 e. The number of carbonyl (C=O) groups is 1. The molecule has 0 aromatic heterocycles. The van der Waals surface area contributed by atoms with E-state index < -0.39 is 5.97 Å². The Labute approximate surface area is 81.2 Å². The number of rotatable bonds is 0. The highest BCUT2D eigenvalue weighted by Gasteiger charge is 2.15. The molecule has 14 heavy (non-hydrogen) atoms. The van der Waals surface area contributed by atoms with E-state index in [0.29, 0.717) is 12.3 Å². The number of aliphatic imine (C=N–C) groups is 1. The number of benzene rings is 1. The Bertz CT molecular complexity index is 398. The molecule has 0 atom stereocenters. The fourth-order valence-corrected chi connectivity index (χ4v) is 1.19. The predicted octanol–water partition coefficient (Wildman–Crippen LogP) is 1.50. The van der Waals surface area contributed by atoms with Crippen LogP contribution in [0.5, 0.6) is 5.75 Å². The van der Waals surface area contributed by atoms with Gasteiger partial charge in [-0.1, -0.05) is 18.2 Å². The van der Waals surface area contributed by atoms with Gasteiger partial charge < -0.3 is 9.47 Å². The maximum atomic E-state index is 10.6. The van der Waals surface area contributed by atoms with Crippen molar-refractivity contribution >= 4 is 12.1 Å². The molecule has 0 bridgehead atoms. The maximum absolute atomic E-state index is 10.6. The average Bonchev–Trinajstić information content (AvgIpc) is 2.17. The highest BCUT2D eigenvalue weighted by molar-refractivity contribution is 5.84. The summed E-state index contributed by atoms with van der Waals surface area (Å²) in [6.07, 6.45) is 0.0243. The van der Waals surface area contributed by atoms with Gasteiger partial charge in [-0.25, -0.2) is 4.99 Å². The molecule has 0 N–H and O–H groups in total. The third kappa shape index (κ3) is 1.74. The zero-order valence-electron chi connectivity index (χ0n) is 7.69. The highest BCUT2D eigenvalue weighted by Crippen LogP contribution is 2.22. The SMILES string of the molecule is CC(=O)OC1=NCc2ccccc2O1. The van der Waals surface area contributed by atoms with Crippen molar-refractivity contribution in [2.45, 2.75) is 13.5 Å². The van der Waals surface area contributed by atoms with Crippen LogP contribution in [0.1, 0.15) is 12.5 Å². The Morgan fingerprint density at radius 1 is 1.50 bits per heavy atom. The molecule has 4 heteroatoms.